The molecular formula is C16H20IN5O3. The number of hydrogen-bond donors (Lipinski definition) is 3. The van der Waals surface area contributed by atoms with Gasteiger partial charge in [-0.2, -0.15) is 0 Å². The average Bonchev–Trinajstić information content (AvgIpc) is 2.59. The van der Waals surface area contributed by atoms with Crippen molar-refractivity contribution in [3.63, 3.8) is 0 Å². The number of hydrogen-bond acceptors (Lipinski definition) is 5. The van der Waals surface area contributed by atoms with Crippen LogP contribution in [0.3, 0.4) is 0 Å². The molecule has 134 valence electrons. The molecule has 0 fully saturated rings. The van der Waals surface area contributed by atoms with Gasteiger partial charge >= 0.3 is 0 Å². The Hall–Kier alpha value is -2.56. The van der Waals surface area contributed by atoms with Gasteiger partial charge in [0.1, 0.15) is 5.75 Å². The number of halogens is 1. The maximum absolute atomic E-state index is 10.6. The van der Waals surface area contributed by atoms with Gasteiger partial charge in [-0.3, -0.25) is 15.1 Å². The minimum atomic E-state index is -0.432. The van der Waals surface area contributed by atoms with E-state index in [1.54, 1.807) is 19.2 Å². The van der Waals surface area contributed by atoms with Crippen LogP contribution in [0.1, 0.15) is 0 Å². The SMILES string of the molecule is COc1cccc(NC(N)=NCCNc2ccc([N+](=O)[O-])cc2)c1.I. The lowest BCUT2D eigenvalue weighted by molar-refractivity contribution is -0.384. The molecule has 2 aromatic rings. The molecule has 4 N–H and O–H groups in total. The van der Waals surface area contributed by atoms with E-state index in [4.69, 9.17) is 10.5 Å². The number of methoxy groups -OCH3 is 1. The van der Waals surface area contributed by atoms with E-state index in [0.29, 0.717) is 19.0 Å². The summed E-state index contributed by atoms with van der Waals surface area (Å²) in [7, 11) is 1.60. The third-order valence-corrected chi connectivity index (χ3v) is 3.14. The van der Waals surface area contributed by atoms with Crippen LogP contribution in [-0.4, -0.2) is 31.1 Å². The largest absolute Gasteiger partial charge is 0.497 e. The number of nitrogens with one attached hydrogen (secondary N) is 2. The number of anilines is 2. The second kappa shape index (κ2) is 10.3. The number of rotatable bonds is 7. The Labute approximate surface area is 162 Å². The van der Waals surface area contributed by atoms with Crippen LogP contribution in [0.25, 0.3) is 0 Å². The molecule has 8 nitrogen and oxygen atoms in total. The summed E-state index contributed by atoms with van der Waals surface area (Å²) in [6.07, 6.45) is 0. The third kappa shape index (κ3) is 6.83. The lowest BCUT2D eigenvalue weighted by Crippen LogP contribution is -2.23. The molecule has 2 rings (SSSR count). The van der Waals surface area contributed by atoms with Crippen LogP contribution < -0.4 is 21.1 Å². The fraction of sp³-hybridized carbons (Fsp3) is 0.188. The van der Waals surface area contributed by atoms with Gasteiger partial charge in [0.2, 0.25) is 0 Å². The molecule has 0 heterocycles. The normalized spacial score (nSPS) is 10.5. The Morgan fingerprint density at radius 1 is 1.24 bits per heavy atom. The van der Waals surface area contributed by atoms with Crippen molar-refractivity contribution < 1.29 is 9.66 Å². The highest BCUT2D eigenvalue weighted by molar-refractivity contribution is 14.0. The molecule has 0 unspecified atom stereocenters. The number of nitro groups is 1. The highest BCUT2D eigenvalue weighted by Gasteiger charge is 2.03. The molecule has 0 saturated carbocycles. The summed E-state index contributed by atoms with van der Waals surface area (Å²) >= 11 is 0. The molecule has 0 aliphatic carbocycles. The van der Waals surface area contributed by atoms with E-state index in [9.17, 15) is 10.1 Å². The Balaban J connectivity index is 0.00000312. The molecule has 0 saturated heterocycles. The van der Waals surface area contributed by atoms with Crippen LogP contribution in [-0.2, 0) is 0 Å². The molecule has 0 amide bonds. The summed E-state index contributed by atoms with van der Waals surface area (Å²) in [5.41, 5.74) is 7.46. The molecule has 0 aliphatic rings. The van der Waals surface area contributed by atoms with Crippen LogP contribution in [0.4, 0.5) is 17.1 Å². The van der Waals surface area contributed by atoms with Crippen molar-refractivity contribution in [1.29, 1.82) is 0 Å². The predicted octanol–water partition coefficient (Wildman–Crippen LogP) is 3.06. The van der Waals surface area contributed by atoms with Crippen molar-refractivity contribution in [2.75, 3.05) is 30.8 Å². The van der Waals surface area contributed by atoms with Crippen LogP contribution in [0, 0.1) is 10.1 Å². The fourth-order valence-corrected chi connectivity index (χ4v) is 1.97. The van der Waals surface area contributed by atoms with E-state index < -0.39 is 4.92 Å². The predicted molar refractivity (Wildman–Crippen MR) is 110 cm³/mol. The summed E-state index contributed by atoms with van der Waals surface area (Å²) < 4.78 is 5.13. The maximum Gasteiger partial charge on any atom is 0.269 e. The van der Waals surface area contributed by atoms with E-state index in [2.05, 4.69) is 15.6 Å². The lowest BCUT2D eigenvalue weighted by Gasteiger charge is -2.08. The maximum atomic E-state index is 10.6. The summed E-state index contributed by atoms with van der Waals surface area (Å²) in [4.78, 5) is 14.4. The molecule has 2 aromatic carbocycles. The van der Waals surface area contributed by atoms with Crippen LogP contribution in [0.5, 0.6) is 5.75 Å². The monoisotopic (exact) mass is 457 g/mol. The van der Waals surface area contributed by atoms with Crippen LogP contribution in [0.15, 0.2) is 53.5 Å². The van der Waals surface area contributed by atoms with Gasteiger partial charge in [-0.25, -0.2) is 0 Å². The first-order chi connectivity index (χ1) is 11.6. The first-order valence-electron chi connectivity index (χ1n) is 7.28. The quantitative estimate of drug-likeness (QED) is 0.147. The molecular weight excluding hydrogens is 437 g/mol. The van der Waals surface area contributed by atoms with E-state index in [0.717, 1.165) is 17.1 Å². The lowest BCUT2D eigenvalue weighted by atomic mass is 10.3. The number of nitrogens with zero attached hydrogens (tertiary/aromatic N) is 2. The zero-order valence-electron chi connectivity index (χ0n) is 13.6. The smallest absolute Gasteiger partial charge is 0.269 e. The average molecular weight is 457 g/mol. The summed E-state index contributed by atoms with van der Waals surface area (Å²) in [6, 6.07) is 13.6. The number of benzene rings is 2. The van der Waals surface area contributed by atoms with Gasteiger partial charge in [0.05, 0.1) is 18.6 Å². The Kier molecular flexibility index (Phi) is 8.47. The van der Waals surface area contributed by atoms with E-state index >= 15 is 0 Å². The molecule has 25 heavy (non-hydrogen) atoms. The van der Waals surface area contributed by atoms with Crippen molar-refractivity contribution in [3.05, 3.63) is 58.6 Å². The minimum absolute atomic E-state index is 0. The van der Waals surface area contributed by atoms with Crippen molar-refractivity contribution in [2.45, 2.75) is 0 Å². The second-order valence-corrected chi connectivity index (χ2v) is 4.85. The number of nitrogens with two attached hydrogens (primary N) is 1. The Morgan fingerprint density at radius 2 is 1.96 bits per heavy atom. The fourth-order valence-electron chi connectivity index (χ4n) is 1.97. The number of non-ortho nitro benzene ring substituents is 1. The summed E-state index contributed by atoms with van der Waals surface area (Å²) in [6.45, 7) is 1.01. The highest BCUT2D eigenvalue weighted by Crippen LogP contribution is 2.16. The van der Waals surface area contributed by atoms with E-state index in [1.165, 1.54) is 12.1 Å². The molecule has 0 atom stereocenters. The minimum Gasteiger partial charge on any atom is -0.497 e. The second-order valence-electron chi connectivity index (χ2n) is 4.85. The molecule has 0 bridgehead atoms. The van der Waals surface area contributed by atoms with Gasteiger partial charge in [-0.15, -0.1) is 24.0 Å². The van der Waals surface area contributed by atoms with Crippen molar-refractivity contribution in [2.24, 2.45) is 10.7 Å². The van der Waals surface area contributed by atoms with Crippen molar-refractivity contribution in [3.8, 4) is 5.75 Å². The first kappa shape index (κ1) is 20.5. The van der Waals surface area contributed by atoms with Gasteiger partial charge in [-0.1, -0.05) is 6.07 Å². The number of nitro benzene ring substituents is 1. The van der Waals surface area contributed by atoms with Gasteiger partial charge in [-0.05, 0) is 24.3 Å². The zero-order valence-corrected chi connectivity index (χ0v) is 16.0. The van der Waals surface area contributed by atoms with Crippen molar-refractivity contribution in [1.82, 2.24) is 0 Å². The Morgan fingerprint density at radius 3 is 2.60 bits per heavy atom. The molecule has 0 aromatic heterocycles. The number of aliphatic imine (C=N–C) groups is 1. The first-order valence-corrected chi connectivity index (χ1v) is 7.28. The third-order valence-electron chi connectivity index (χ3n) is 3.14. The van der Waals surface area contributed by atoms with E-state index in [1.807, 2.05) is 24.3 Å². The zero-order chi connectivity index (χ0) is 17.4. The number of guanidine groups is 1. The highest BCUT2D eigenvalue weighted by atomic mass is 127. The van der Waals surface area contributed by atoms with Crippen LogP contribution >= 0.6 is 24.0 Å². The topological polar surface area (TPSA) is 115 Å². The number of ether oxygens (including phenoxy) is 1. The standard InChI is InChI=1S/C16H19N5O3.HI/c1-24-15-4-2-3-13(11-15)20-16(17)19-10-9-18-12-5-7-14(8-6-12)21(22)23;/h2-8,11,18H,9-10H2,1H3,(H3,17,19,20);1H. The van der Waals surface area contributed by atoms with E-state index in [-0.39, 0.29) is 29.7 Å². The molecule has 0 radical (unpaired) electrons. The van der Waals surface area contributed by atoms with Gasteiger partial charge in [0, 0.05) is 36.1 Å². The summed E-state index contributed by atoms with van der Waals surface area (Å²) in [5.74, 6) is 1.03. The molecule has 0 aliphatic heterocycles. The summed E-state index contributed by atoms with van der Waals surface area (Å²) in [5, 5.41) is 16.7. The van der Waals surface area contributed by atoms with Gasteiger partial charge in [0.25, 0.3) is 5.69 Å². The van der Waals surface area contributed by atoms with Crippen LogP contribution in [0.2, 0.25) is 0 Å². The Bertz CT molecular complexity index is 722. The van der Waals surface area contributed by atoms with Crippen molar-refractivity contribution >= 4 is 47.0 Å². The van der Waals surface area contributed by atoms with Gasteiger partial charge in [0.15, 0.2) is 5.96 Å². The van der Waals surface area contributed by atoms with Gasteiger partial charge < -0.3 is 21.1 Å². The molecule has 0 spiro atoms. The molecule has 9 heteroatoms.